The first-order valence-corrected chi connectivity index (χ1v) is 4.67. The largest absolute Gasteiger partial charge is 0.387 e. The molecule has 1 aromatic carbocycles. The van der Waals surface area contributed by atoms with Crippen LogP contribution in [0.4, 0.5) is 5.69 Å². The van der Waals surface area contributed by atoms with Gasteiger partial charge in [-0.25, -0.2) is 0 Å². The number of aliphatic hydroxyl groups is 1. The highest BCUT2D eigenvalue weighted by Crippen LogP contribution is 2.32. The van der Waals surface area contributed by atoms with Crippen molar-refractivity contribution in [3.63, 3.8) is 0 Å². The fourth-order valence-electron chi connectivity index (χ4n) is 0.950. The molecule has 0 aromatic heterocycles. The van der Waals surface area contributed by atoms with Gasteiger partial charge in [0.25, 0.3) is 0 Å². The van der Waals surface area contributed by atoms with Gasteiger partial charge in [-0.2, -0.15) is 0 Å². The number of hydrogen-bond acceptors (Lipinski definition) is 2. The second-order valence-electron chi connectivity index (χ2n) is 2.76. The number of aliphatic hydroxyl groups excluding tert-OH is 1. The molecule has 0 fully saturated rings. The molecule has 0 atom stereocenters. The number of carbonyl (C=O) groups excluding carboxylic acids is 1. The highest BCUT2D eigenvalue weighted by Gasteiger charge is 2.10. The van der Waals surface area contributed by atoms with E-state index in [0.717, 1.165) is 5.56 Å². The van der Waals surface area contributed by atoms with Crippen LogP contribution in [0.2, 0.25) is 10.0 Å². The van der Waals surface area contributed by atoms with Crippen LogP contribution < -0.4 is 5.32 Å². The second-order valence-corrected chi connectivity index (χ2v) is 3.54. The molecule has 0 bridgehead atoms. The van der Waals surface area contributed by atoms with Crippen molar-refractivity contribution in [3.8, 4) is 0 Å². The SMILES string of the molecule is Cc1ccc(Cl)c(NC(=O)CO)c1Cl. The van der Waals surface area contributed by atoms with E-state index in [-0.39, 0.29) is 0 Å². The molecule has 14 heavy (non-hydrogen) atoms. The van der Waals surface area contributed by atoms with Crippen LogP contribution in [0.1, 0.15) is 5.56 Å². The molecule has 0 aliphatic carbocycles. The Kier molecular flexibility index (Phi) is 3.75. The second kappa shape index (κ2) is 4.64. The summed E-state index contributed by atoms with van der Waals surface area (Å²) in [6, 6.07) is 3.38. The van der Waals surface area contributed by atoms with E-state index in [2.05, 4.69) is 5.32 Å². The van der Waals surface area contributed by atoms with Crippen molar-refractivity contribution in [2.75, 3.05) is 11.9 Å². The molecule has 0 saturated carbocycles. The van der Waals surface area contributed by atoms with Gasteiger partial charge in [0.05, 0.1) is 15.7 Å². The first-order valence-electron chi connectivity index (χ1n) is 3.91. The van der Waals surface area contributed by atoms with Crippen molar-refractivity contribution in [1.29, 1.82) is 0 Å². The molecule has 0 aliphatic rings. The fourth-order valence-corrected chi connectivity index (χ4v) is 1.42. The summed E-state index contributed by atoms with van der Waals surface area (Å²) in [6.45, 7) is 1.20. The van der Waals surface area contributed by atoms with E-state index >= 15 is 0 Å². The molecule has 1 aromatic rings. The molecule has 0 spiro atoms. The van der Waals surface area contributed by atoms with Crippen LogP contribution in [-0.2, 0) is 4.79 Å². The Morgan fingerprint density at radius 3 is 2.71 bits per heavy atom. The van der Waals surface area contributed by atoms with Crippen LogP contribution in [0.15, 0.2) is 12.1 Å². The minimum Gasteiger partial charge on any atom is -0.387 e. The third-order valence-corrected chi connectivity index (χ3v) is 2.49. The molecule has 3 nitrogen and oxygen atoms in total. The standard InChI is InChI=1S/C9H9Cl2NO2/c1-5-2-3-6(10)9(8(5)11)12-7(14)4-13/h2-3,13H,4H2,1H3,(H,12,14). The Labute approximate surface area is 91.6 Å². The number of nitrogens with one attached hydrogen (secondary N) is 1. The molecule has 5 heteroatoms. The van der Waals surface area contributed by atoms with Crippen LogP contribution in [0.3, 0.4) is 0 Å². The molecule has 76 valence electrons. The molecule has 0 unspecified atom stereocenters. The van der Waals surface area contributed by atoms with E-state index < -0.39 is 12.5 Å². The number of carbonyl (C=O) groups is 1. The van der Waals surface area contributed by atoms with Gasteiger partial charge < -0.3 is 10.4 Å². The highest BCUT2D eigenvalue weighted by molar-refractivity contribution is 6.40. The first kappa shape index (κ1) is 11.3. The van der Waals surface area contributed by atoms with Crippen LogP contribution >= 0.6 is 23.2 Å². The van der Waals surface area contributed by atoms with E-state index in [1.54, 1.807) is 19.1 Å². The van der Waals surface area contributed by atoms with Crippen molar-refractivity contribution in [3.05, 3.63) is 27.7 Å². The van der Waals surface area contributed by atoms with Gasteiger partial charge in [-0.3, -0.25) is 4.79 Å². The van der Waals surface area contributed by atoms with Gasteiger partial charge in [0, 0.05) is 0 Å². The van der Waals surface area contributed by atoms with Crippen molar-refractivity contribution < 1.29 is 9.90 Å². The van der Waals surface area contributed by atoms with E-state index in [1.807, 2.05) is 0 Å². The lowest BCUT2D eigenvalue weighted by Gasteiger charge is -2.09. The maximum absolute atomic E-state index is 10.9. The van der Waals surface area contributed by atoms with E-state index in [0.29, 0.717) is 15.7 Å². The number of anilines is 1. The lowest BCUT2D eigenvalue weighted by molar-refractivity contribution is -0.118. The van der Waals surface area contributed by atoms with Crippen LogP contribution in [0, 0.1) is 6.92 Å². The minimum absolute atomic E-state index is 0.340. The van der Waals surface area contributed by atoms with Crippen molar-refractivity contribution in [2.24, 2.45) is 0 Å². The summed E-state index contributed by atoms with van der Waals surface area (Å²) in [7, 11) is 0. The average molecular weight is 234 g/mol. The number of rotatable bonds is 2. The average Bonchev–Trinajstić information content (AvgIpc) is 2.18. The molecular formula is C9H9Cl2NO2. The van der Waals surface area contributed by atoms with E-state index in [9.17, 15) is 4.79 Å². The highest BCUT2D eigenvalue weighted by atomic mass is 35.5. The number of benzene rings is 1. The first-order chi connectivity index (χ1) is 6.56. The van der Waals surface area contributed by atoms with Crippen molar-refractivity contribution in [2.45, 2.75) is 6.92 Å². The molecule has 0 heterocycles. The lowest BCUT2D eigenvalue weighted by Crippen LogP contribution is -2.16. The van der Waals surface area contributed by atoms with Gasteiger partial charge in [-0.15, -0.1) is 0 Å². The topological polar surface area (TPSA) is 49.3 Å². The molecular weight excluding hydrogens is 225 g/mol. The summed E-state index contributed by atoms with van der Waals surface area (Å²) in [6.07, 6.45) is 0. The van der Waals surface area contributed by atoms with E-state index in [4.69, 9.17) is 28.3 Å². The zero-order chi connectivity index (χ0) is 10.7. The Bertz CT molecular complexity index is 366. The van der Waals surface area contributed by atoms with Crippen LogP contribution in [0.25, 0.3) is 0 Å². The zero-order valence-corrected chi connectivity index (χ0v) is 8.99. The van der Waals surface area contributed by atoms with Gasteiger partial charge in [0.2, 0.25) is 5.91 Å². The molecule has 1 rings (SSSR count). The third kappa shape index (κ3) is 2.38. The quantitative estimate of drug-likeness (QED) is 0.824. The monoisotopic (exact) mass is 233 g/mol. The van der Waals surface area contributed by atoms with Gasteiger partial charge >= 0.3 is 0 Å². The van der Waals surface area contributed by atoms with Gasteiger partial charge in [-0.05, 0) is 18.6 Å². The summed E-state index contributed by atoms with van der Waals surface area (Å²) < 4.78 is 0. The molecule has 0 radical (unpaired) electrons. The third-order valence-electron chi connectivity index (χ3n) is 1.69. The zero-order valence-electron chi connectivity index (χ0n) is 7.47. The van der Waals surface area contributed by atoms with Crippen molar-refractivity contribution in [1.82, 2.24) is 0 Å². The predicted molar refractivity (Wildman–Crippen MR) is 56.9 cm³/mol. The van der Waals surface area contributed by atoms with Crippen LogP contribution in [0.5, 0.6) is 0 Å². The summed E-state index contributed by atoms with van der Waals surface area (Å²) in [5.74, 6) is -0.542. The lowest BCUT2D eigenvalue weighted by atomic mass is 10.2. The number of aryl methyl sites for hydroxylation is 1. The number of halogens is 2. The number of amides is 1. The maximum atomic E-state index is 10.9. The Hall–Kier alpha value is -0.770. The van der Waals surface area contributed by atoms with E-state index in [1.165, 1.54) is 0 Å². The Morgan fingerprint density at radius 2 is 2.14 bits per heavy atom. The van der Waals surface area contributed by atoms with Crippen molar-refractivity contribution >= 4 is 34.8 Å². The summed E-state index contributed by atoms with van der Waals surface area (Å²) in [5.41, 5.74) is 1.15. The predicted octanol–water partition coefficient (Wildman–Crippen LogP) is 2.23. The summed E-state index contributed by atoms with van der Waals surface area (Å²) in [5, 5.41) is 11.7. The molecule has 0 saturated heterocycles. The Morgan fingerprint density at radius 1 is 1.50 bits per heavy atom. The van der Waals surface area contributed by atoms with Crippen LogP contribution in [-0.4, -0.2) is 17.6 Å². The molecule has 1 amide bonds. The normalized spacial score (nSPS) is 10.0. The summed E-state index contributed by atoms with van der Waals surface area (Å²) in [4.78, 5) is 10.9. The Balaban J connectivity index is 3.06. The van der Waals surface area contributed by atoms with Gasteiger partial charge in [0.15, 0.2) is 0 Å². The smallest absolute Gasteiger partial charge is 0.250 e. The molecule has 2 N–H and O–H groups in total. The number of hydrogen-bond donors (Lipinski definition) is 2. The minimum atomic E-state index is -0.597. The summed E-state index contributed by atoms with van der Waals surface area (Å²) >= 11 is 11.7. The fraction of sp³-hybridized carbons (Fsp3) is 0.222. The maximum Gasteiger partial charge on any atom is 0.250 e. The molecule has 0 aliphatic heterocycles. The van der Waals surface area contributed by atoms with Gasteiger partial charge in [-0.1, -0.05) is 29.3 Å². The van der Waals surface area contributed by atoms with Gasteiger partial charge in [0.1, 0.15) is 6.61 Å².